The molecule has 0 bridgehead atoms. The molecule has 0 aliphatic rings. The van der Waals surface area contributed by atoms with Crippen molar-refractivity contribution in [2.45, 2.75) is 11.8 Å². The summed E-state index contributed by atoms with van der Waals surface area (Å²) in [7, 11) is 0. The van der Waals surface area contributed by atoms with Crippen LogP contribution < -0.4 is 5.32 Å². The number of nitrogens with one attached hydrogen (secondary N) is 1. The van der Waals surface area contributed by atoms with Gasteiger partial charge in [-0.3, -0.25) is 4.79 Å². The molecule has 0 radical (unpaired) electrons. The van der Waals surface area contributed by atoms with Crippen LogP contribution in [0.4, 0.5) is 13.2 Å². The third kappa shape index (κ3) is 3.12. The molecule has 1 rings (SSSR count). The average molecular weight is 312 g/mol. The topological polar surface area (TPSA) is 49.3 Å². The molecule has 2 N–H and O–H groups in total. The summed E-state index contributed by atoms with van der Waals surface area (Å²) < 4.78 is 38.9. The number of halogens is 4. The summed E-state index contributed by atoms with van der Waals surface area (Å²) in [5, 5.41) is 11.2. The van der Waals surface area contributed by atoms with Crippen molar-refractivity contribution in [1.29, 1.82) is 0 Å². The van der Waals surface area contributed by atoms with Gasteiger partial charge in [0.2, 0.25) is 5.82 Å². The molecule has 0 saturated heterocycles. The van der Waals surface area contributed by atoms with Crippen molar-refractivity contribution in [3.63, 3.8) is 0 Å². The standard InChI is InChI=1S/C10H9BrF3NO2/c1-4(11)3-15-10(17)5-2-6(12)8(14)9(16)7(5)13/h2,4,16H,3H2,1H3,(H,15,17). The smallest absolute Gasteiger partial charge is 0.254 e. The molecule has 1 aromatic rings. The van der Waals surface area contributed by atoms with E-state index in [1.165, 1.54) is 0 Å². The number of benzene rings is 1. The van der Waals surface area contributed by atoms with E-state index in [1.807, 2.05) is 0 Å². The van der Waals surface area contributed by atoms with Crippen molar-refractivity contribution in [1.82, 2.24) is 5.32 Å². The number of hydrogen-bond acceptors (Lipinski definition) is 2. The van der Waals surface area contributed by atoms with Gasteiger partial charge in [0.1, 0.15) is 0 Å². The van der Waals surface area contributed by atoms with Crippen molar-refractivity contribution < 1.29 is 23.1 Å². The molecule has 1 amide bonds. The second kappa shape index (κ2) is 5.39. The van der Waals surface area contributed by atoms with Crippen LogP contribution in [0.15, 0.2) is 6.07 Å². The zero-order valence-corrected chi connectivity index (χ0v) is 10.3. The highest BCUT2D eigenvalue weighted by Gasteiger charge is 2.22. The van der Waals surface area contributed by atoms with Gasteiger partial charge in [0, 0.05) is 11.4 Å². The molecule has 1 atom stereocenters. The Bertz CT molecular complexity index is 452. The maximum Gasteiger partial charge on any atom is 0.254 e. The minimum atomic E-state index is -1.71. The van der Waals surface area contributed by atoms with Crippen LogP contribution in [0.3, 0.4) is 0 Å². The van der Waals surface area contributed by atoms with Crippen LogP contribution >= 0.6 is 15.9 Å². The summed E-state index contributed by atoms with van der Waals surface area (Å²) in [4.78, 5) is 11.4. The lowest BCUT2D eigenvalue weighted by Gasteiger charge is -2.09. The zero-order valence-electron chi connectivity index (χ0n) is 8.73. The van der Waals surface area contributed by atoms with Gasteiger partial charge in [-0.05, 0) is 6.07 Å². The van der Waals surface area contributed by atoms with E-state index >= 15 is 0 Å². The van der Waals surface area contributed by atoms with Gasteiger partial charge in [0.15, 0.2) is 17.4 Å². The number of amides is 1. The van der Waals surface area contributed by atoms with Gasteiger partial charge in [-0.2, -0.15) is 4.39 Å². The maximum absolute atomic E-state index is 13.3. The number of phenolic OH excluding ortho intramolecular Hbond substituents is 1. The molecule has 1 unspecified atom stereocenters. The molecule has 17 heavy (non-hydrogen) atoms. The third-order valence-electron chi connectivity index (χ3n) is 1.92. The van der Waals surface area contributed by atoms with Gasteiger partial charge in [-0.15, -0.1) is 0 Å². The summed E-state index contributed by atoms with van der Waals surface area (Å²) in [5.41, 5.74) is -0.741. The van der Waals surface area contributed by atoms with Crippen LogP contribution in [0, 0.1) is 17.5 Å². The number of aromatic hydroxyl groups is 1. The average Bonchev–Trinajstić information content (AvgIpc) is 2.28. The van der Waals surface area contributed by atoms with Crippen LogP contribution in [0.2, 0.25) is 0 Å². The van der Waals surface area contributed by atoms with E-state index in [2.05, 4.69) is 21.2 Å². The first-order valence-electron chi connectivity index (χ1n) is 4.63. The summed E-state index contributed by atoms with van der Waals surface area (Å²) >= 11 is 3.14. The van der Waals surface area contributed by atoms with Crippen LogP contribution in [0.25, 0.3) is 0 Å². The molecule has 0 spiro atoms. The van der Waals surface area contributed by atoms with Gasteiger partial charge in [0.05, 0.1) is 5.56 Å². The van der Waals surface area contributed by atoms with Crippen LogP contribution in [-0.4, -0.2) is 22.4 Å². The Morgan fingerprint density at radius 3 is 2.59 bits per heavy atom. The Balaban J connectivity index is 3.02. The summed E-state index contributed by atoms with van der Waals surface area (Å²) in [6.45, 7) is 1.91. The maximum atomic E-state index is 13.3. The van der Waals surface area contributed by atoms with Gasteiger partial charge in [-0.1, -0.05) is 22.9 Å². The van der Waals surface area contributed by atoms with E-state index in [0.29, 0.717) is 6.07 Å². The summed E-state index contributed by atoms with van der Waals surface area (Å²) in [5.74, 6) is -7.11. The van der Waals surface area contributed by atoms with Crippen molar-refractivity contribution in [3.05, 3.63) is 29.1 Å². The second-order valence-corrected chi connectivity index (χ2v) is 4.94. The summed E-state index contributed by atoms with van der Waals surface area (Å²) in [6.07, 6.45) is 0. The fraction of sp³-hybridized carbons (Fsp3) is 0.300. The molecule has 1 aromatic carbocycles. The zero-order chi connectivity index (χ0) is 13.2. The molecule has 0 fully saturated rings. The SMILES string of the molecule is CC(Br)CNC(=O)c1cc(F)c(F)c(O)c1F. The fourth-order valence-corrected chi connectivity index (χ4v) is 1.25. The molecule has 3 nitrogen and oxygen atoms in total. The lowest BCUT2D eigenvalue weighted by atomic mass is 10.1. The van der Waals surface area contributed by atoms with Gasteiger partial charge in [0.25, 0.3) is 5.91 Å². The first-order valence-corrected chi connectivity index (χ1v) is 5.55. The van der Waals surface area contributed by atoms with Crippen molar-refractivity contribution in [3.8, 4) is 5.75 Å². The Morgan fingerprint density at radius 1 is 1.47 bits per heavy atom. The Kier molecular flexibility index (Phi) is 4.39. The van der Waals surface area contributed by atoms with Crippen molar-refractivity contribution >= 4 is 21.8 Å². The number of carbonyl (C=O) groups is 1. The van der Waals surface area contributed by atoms with Gasteiger partial charge >= 0.3 is 0 Å². The van der Waals surface area contributed by atoms with E-state index in [9.17, 15) is 18.0 Å². The van der Waals surface area contributed by atoms with E-state index in [-0.39, 0.29) is 11.4 Å². The molecule has 0 aliphatic carbocycles. The van der Waals surface area contributed by atoms with E-state index in [0.717, 1.165) is 0 Å². The lowest BCUT2D eigenvalue weighted by molar-refractivity contribution is 0.0948. The predicted molar refractivity (Wildman–Crippen MR) is 58.7 cm³/mol. The van der Waals surface area contributed by atoms with Crippen LogP contribution in [0.1, 0.15) is 17.3 Å². The first kappa shape index (κ1) is 13.8. The lowest BCUT2D eigenvalue weighted by Crippen LogP contribution is -2.29. The number of rotatable bonds is 3. The Labute approximate surface area is 104 Å². The molecule has 94 valence electrons. The second-order valence-electron chi connectivity index (χ2n) is 3.37. The van der Waals surface area contributed by atoms with Gasteiger partial charge < -0.3 is 10.4 Å². The molecule has 7 heteroatoms. The molecular formula is C10H9BrF3NO2. The third-order valence-corrected chi connectivity index (χ3v) is 2.25. The van der Waals surface area contributed by atoms with E-state index in [4.69, 9.17) is 5.11 Å². The van der Waals surface area contributed by atoms with Crippen LogP contribution in [-0.2, 0) is 0 Å². The highest BCUT2D eigenvalue weighted by atomic mass is 79.9. The van der Waals surface area contributed by atoms with E-state index < -0.39 is 34.7 Å². The molecular weight excluding hydrogens is 303 g/mol. The molecule has 0 saturated carbocycles. The minimum Gasteiger partial charge on any atom is -0.503 e. The Hall–Kier alpha value is -1.24. The quantitative estimate of drug-likeness (QED) is 0.665. The van der Waals surface area contributed by atoms with E-state index in [1.54, 1.807) is 6.92 Å². The largest absolute Gasteiger partial charge is 0.503 e. The normalized spacial score (nSPS) is 12.3. The Morgan fingerprint density at radius 2 is 2.06 bits per heavy atom. The minimum absolute atomic E-state index is 0.0617. The predicted octanol–water partition coefficient (Wildman–Crippen LogP) is 2.32. The number of phenols is 1. The monoisotopic (exact) mass is 311 g/mol. The van der Waals surface area contributed by atoms with Gasteiger partial charge in [-0.25, -0.2) is 8.78 Å². The highest BCUT2D eigenvalue weighted by molar-refractivity contribution is 9.09. The molecule has 0 aliphatic heterocycles. The molecule has 0 heterocycles. The number of hydrogen-bond donors (Lipinski definition) is 2. The number of carbonyl (C=O) groups excluding carboxylic acids is 1. The van der Waals surface area contributed by atoms with Crippen molar-refractivity contribution in [2.24, 2.45) is 0 Å². The first-order chi connectivity index (χ1) is 7.84. The highest BCUT2D eigenvalue weighted by Crippen LogP contribution is 2.25. The van der Waals surface area contributed by atoms with Crippen LogP contribution in [0.5, 0.6) is 5.75 Å². The number of alkyl halides is 1. The molecule has 0 aromatic heterocycles. The fourth-order valence-electron chi connectivity index (χ4n) is 1.08. The van der Waals surface area contributed by atoms with Crippen molar-refractivity contribution in [2.75, 3.05) is 6.54 Å². The summed E-state index contributed by atoms with van der Waals surface area (Å²) in [6, 6.07) is 0.401.